The van der Waals surface area contributed by atoms with Crippen LogP contribution in [0.25, 0.3) is 0 Å². The molecule has 2 amide bonds. The number of methoxy groups -OCH3 is 1. The first kappa shape index (κ1) is 15.9. The number of carbonyl (C=O) groups excluding carboxylic acids is 2. The van der Waals surface area contributed by atoms with Crippen LogP contribution in [0.15, 0.2) is 0 Å². The van der Waals surface area contributed by atoms with Crippen LogP contribution in [0.4, 0.5) is 0 Å². The number of likely N-dealkylation sites (tertiary alicyclic amines) is 1. The minimum atomic E-state index is -0.449. The molecule has 0 aromatic heterocycles. The second kappa shape index (κ2) is 8.87. The average molecular weight is 271 g/mol. The summed E-state index contributed by atoms with van der Waals surface area (Å²) in [4.78, 5) is 25.5. The number of ether oxygens (including phenoxy) is 1. The quantitative estimate of drug-likeness (QED) is 0.626. The zero-order valence-corrected chi connectivity index (χ0v) is 11.9. The van der Waals surface area contributed by atoms with Crippen LogP contribution in [0, 0.1) is 0 Å². The maximum absolute atomic E-state index is 12.1. The Labute approximate surface area is 114 Å². The number of amides is 2. The molecule has 1 atom stereocenters. The normalized spacial score (nSPS) is 17.1. The Kier molecular flexibility index (Phi) is 7.43. The van der Waals surface area contributed by atoms with Crippen molar-refractivity contribution in [2.75, 3.05) is 39.9 Å². The van der Waals surface area contributed by atoms with Crippen LogP contribution in [-0.2, 0) is 14.3 Å². The van der Waals surface area contributed by atoms with Crippen molar-refractivity contribution in [3.8, 4) is 0 Å². The number of hydrogen-bond donors (Lipinski definition) is 2. The summed E-state index contributed by atoms with van der Waals surface area (Å²) in [5.74, 6) is -0.140. The lowest BCUT2D eigenvalue weighted by molar-refractivity contribution is -0.136. The van der Waals surface area contributed by atoms with Crippen LogP contribution >= 0.6 is 0 Å². The van der Waals surface area contributed by atoms with Gasteiger partial charge in [-0.2, -0.15) is 0 Å². The Morgan fingerprint density at radius 2 is 1.95 bits per heavy atom. The van der Waals surface area contributed by atoms with Crippen LogP contribution < -0.4 is 10.6 Å². The number of rotatable bonds is 7. The van der Waals surface area contributed by atoms with Gasteiger partial charge in [0.1, 0.15) is 6.04 Å². The molecular weight excluding hydrogens is 246 g/mol. The Morgan fingerprint density at radius 1 is 1.26 bits per heavy atom. The van der Waals surface area contributed by atoms with E-state index < -0.39 is 6.04 Å². The third-order valence-electron chi connectivity index (χ3n) is 3.18. The Bertz CT molecular complexity index is 291. The van der Waals surface area contributed by atoms with Gasteiger partial charge < -0.3 is 20.3 Å². The summed E-state index contributed by atoms with van der Waals surface area (Å²) in [6.45, 7) is 4.76. The predicted octanol–water partition coefficient (Wildman–Crippen LogP) is -0.260. The molecule has 1 fully saturated rings. The van der Waals surface area contributed by atoms with Gasteiger partial charge in [0.05, 0.1) is 13.2 Å². The molecule has 110 valence electrons. The molecule has 0 aliphatic carbocycles. The summed E-state index contributed by atoms with van der Waals surface area (Å²) in [6.07, 6.45) is 3.31. The molecule has 1 aliphatic heterocycles. The van der Waals surface area contributed by atoms with Crippen molar-refractivity contribution in [2.24, 2.45) is 0 Å². The van der Waals surface area contributed by atoms with Gasteiger partial charge in [-0.05, 0) is 26.2 Å². The molecule has 19 heavy (non-hydrogen) atoms. The standard InChI is InChI=1S/C13H25N3O3/c1-11(13(18)16-7-4-3-5-8-16)15-12(17)10-14-6-9-19-2/h11,14H,3-10H2,1-2H3,(H,15,17). The van der Waals surface area contributed by atoms with Gasteiger partial charge in [0.15, 0.2) is 0 Å². The van der Waals surface area contributed by atoms with Gasteiger partial charge in [-0.1, -0.05) is 0 Å². The van der Waals surface area contributed by atoms with Gasteiger partial charge in [-0.15, -0.1) is 0 Å². The number of hydrogen-bond acceptors (Lipinski definition) is 4. The van der Waals surface area contributed by atoms with E-state index in [0.717, 1.165) is 25.9 Å². The van der Waals surface area contributed by atoms with Crippen molar-refractivity contribution in [1.29, 1.82) is 0 Å². The predicted molar refractivity (Wildman–Crippen MR) is 72.8 cm³/mol. The third kappa shape index (κ3) is 6.02. The van der Waals surface area contributed by atoms with E-state index in [9.17, 15) is 9.59 Å². The first-order chi connectivity index (χ1) is 9.15. The minimum absolute atomic E-state index is 0.0185. The van der Waals surface area contributed by atoms with Crippen molar-refractivity contribution in [3.05, 3.63) is 0 Å². The fraction of sp³-hybridized carbons (Fsp3) is 0.846. The van der Waals surface area contributed by atoms with Crippen molar-refractivity contribution in [1.82, 2.24) is 15.5 Å². The van der Waals surface area contributed by atoms with Gasteiger partial charge in [-0.3, -0.25) is 9.59 Å². The number of nitrogens with zero attached hydrogens (tertiary/aromatic N) is 1. The smallest absolute Gasteiger partial charge is 0.244 e. The fourth-order valence-corrected chi connectivity index (χ4v) is 2.12. The zero-order chi connectivity index (χ0) is 14.1. The molecule has 0 saturated carbocycles. The molecule has 6 heteroatoms. The van der Waals surface area contributed by atoms with Gasteiger partial charge in [-0.25, -0.2) is 0 Å². The van der Waals surface area contributed by atoms with E-state index >= 15 is 0 Å². The summed E-state index contributed by atoms with van der Waals surface area (Å²) in [5.41, 5.74) is 0. The molecule has 1 saturated heterocycles. The van der Waals surface area contributed by atoms with E-state index in [1.54, 1.807) is 14.0 Å². The van der Waals surface area contributed by atoms with Crippen LogP contribution in [0.5, 0.6) is 0 Å². The molecule has 0 radical (unpaired) electrons. The molecule has 1 rings (SSSR count). The van der Waals surface area contributed by atoms with Crippen molar-refractivity contribution < 1.29 is 14.3 Å². The van der Waals surface area contributed by atoms with Crippen LogP contribution in [0.3, 0.4) is 0 Å². The molecule has 1 heterocycles. The molecule has 0 aromatic carbocycles. The van der Waals surface area contributed by atoms with Gasteiger partial charge in [0.2, 0.25) is 11.8 Å². The second-order valence-electron chi connectivity index (χ2n) is 4.84. The van der Waals surface area contributed by atoms with E-state index in [1.807, 2.05) is 4.90 Å². The molecule has 1 aliphatic rings. The summed E-state index contributed by atoms with van der Waals surface area (Å²) in [5, 5.41) is 5.67. The summed E-state index contributed by atoms with van der Waals surface area (Å²) < 4.78 is 4.87. The molecule has 0 aromatic rings. The summed E-state index contributed by atoms with van der Waals surface area (Å²) in [7, 11) is 1.61. The number of piperidine rings is 1. The van der Waals surface area contributed by atoms with E-state index in [0.29, 0.717) is 13.2 Å². The van der Waals surface area contributed by atoms with Gasteiger partial charge in [0, 0.05) is 26.7 Å². The molecule has 1 unspecified atom stereocenters. The highest BCUT2D eigenvalue weighted by atomic mass is 16.5. The van der Waals surface area contributed by atoms with Crippen molar-refractivity contribution in [3.63, 3.8) is 0 Å². The van der Waals surface area contributed by atoms with Gasteiger partial charge in [0.25, 0.3) is 0 Å². The largest absolute Gasteiger partial charge is 0.383 e. The Morgan fingerprint density at radius 3 is 2.58 bits per heavy atom. The molecule has 0 spiro atoms. The topological polar surface area (TPSA) is 70.7 Å². The van der Waals surface area contributed by atoms with E-state index in [-0.39, 0.29) is 18.4 Å². The SMILES string of the molecule is COCCNCC(=O)NC(C)C(=O)N1CCCCC1. The van der Waals surface area contributed by atoms with E-state index in [1.165, 1.54) is 6.42 Å². The van der Waals surface area contributed by atoms with Crippen molar-refractivity contribution in [2.45, 2.75) is 32.2 Å². The Balaban J connectivity index is 2.22. The van der Waals surface area contributed by atoms with Crippen LogP contribution in [0.2, 0.25) is 0 Å². The maximum Gasteiger partial charge on any atom is 0.244 e. The Hall–Kier alpha value is -1.14. The zero-order valence-electron chi connectivity index (χ0n) is 11.9. The highest BCUT2D eigenvalue weighted by molar-refractivity contribution is 5.88. The monoisotopic (exact) mass is 271 g/mol. The lowest BCUT2D eigenvalue weighted by atomic mass is 10.1. The molecular formula is C13H25N3O3. The average Bonchev–Trinajstić information content (AvgIpc) is 2.43. The maximum atomic E-state index is 12.1. The van der Waals surface area contributed by atoms with E-state index in [4.69, 9.17) is 4.74 Å². The van der Waals surface area contributed by atoms with Gasteiger partial charge >= 0.3 is 0 Å². The van der Waals surface area contributed by atoms with Crippen molar-refractivity contribution >= 4 is 11.8 Å². The van der Waals surface area contributed by atoms with Crippen LogP contribution in [0.1, 0.15) is 26.2 Å². The lowest BCUT2D eigenvalue weighted by Gasteiger charge is -2.29. The first-order valence-electron chi connectivity index (χ1n) is 6.93. The lowest BCUT2D eigenvalue weighted by Crippen LogP contribution is -2.50. The molecule has 2 N–H and O–H groups in total. The number of nitrogens with one attached hydrogen (secondary N) is 2. The molecule has 6 nitrogen and oxygen atoms in total. The van der Waals surface area contributed by atoms with Crippen LogP contribution in [-0.4, -0.2) is 62.7 Å². The highest BCUT2D eigenvalue weighted by Gasteiger charge is 2.22. The number of carbonyl (C=O) groups is 2. The van der Waals surface area contributed by atoms with E-state index in [2.05, 4.69) is 10.6 Å². The third-order valence-corrected chi connectivity index (χ3v) is 3.18. The second-order valence-corrected chi connectivity index (χ2v) is 4.84. The minimum Gasteiger partial charge on any atom is -0.383 e. The fourth-order valence-electron chi connectivity index (χ4n) is 2.12. The highest BCUT2D eigenvalue weighted by Crippen LogP contribution is 2.09. The summed E-state index contributed by atoms with van der Waals surface area (Å²) in [6, 6.07) is -0.449. The summed E-state index contributed by atoms with van der Waals surface area (Å²) >= 11 is 0. The first-order valence-corrected chi connectivity index (χ1v) is 6.93. The molecule has 0 bridgehead atoms.